The standard InChI is InChI=1S/C29H29N3O3/c33-27(19-30-18-24(20-9-3-1-4-10-20)21-11-5-2-6-12-21)32-29(28(34)35)16-15-26-23(17-29)22-13-7-8-14-25(22)31-26/h1-14,24,30-31H,15-19H2,(H,32,33)(H,34,35)/t29-/m0/s1. The van der Waals surface area contributed by atoms with Crippen molar-refractivity contribution in [3.63, 3.8) is 0 Å². The zero-order chi connectivity index (χ0) is 24.3. The lowest BCUT2D eigenvalue weighted by Crippen LogP contribution is -2.59. The topological polar surface area (TPSA) is 94.2 Å². The largest absolute Gasteiger partial charge is 0.479 e. The van der Waals surface area contributed by atoms with Crippen LogP contribution in [0.3, 0.4) is 0 Å². The predicted octanol–water partition coefficient (Wildman–Crippen LogP) is 4.02. The Balaban J connectivity index is 1.28. The average molecular weight is 468 g/mol. The molecule has 3 aromatic carbocycles. The minimum Gasteiger partial charge on any atom is -0.479 e. The van der Waals surface area contributed by atoms with Crippen molar-refractivity contribution in [2.45, 2.75) is 30.7 Å². The van der Waals surface area contributed by atoms with Crippen LogP contribution in [0.1, 0.15) is 34.7 Å². The number of aliphatic carboxylic acids is 1. The summed E-state index contributed by atoms with van der Waals surface area (Å²) in [5, 5.41) is 17.3. The normalized spacial score (nSPS) is 17.3. The molecule has 0 saturated heterocycles. The van der Waals surface area contributed by atoms with Gasteiger partial charge in [-0.1, -0.05) is 78.9 Å². The molecule has 0 saturated carbocycles. The van der Waals surface area contributed by atoms with Gasteiger partial charge in [0.15, 0.2) is 0 Å². The number of amides is 1. The van der Waals surface area contributed by atoms with Gasteiger partial charge in [-0.3, -0.25) is 4.79 Å². The number of carbonyl (C=O) groups is 2. The fourth-order valence-corrected chi connectivity index (χ4v) is 5.18. The van der Waals surface area contributed by atoms with Gasteiger partial charge in [0.2, 0.25) is 5.91 Å². The molecule has 1 aliphatic carbocycles. The van der Waals surface area contributed by atoms with E-state index in [1.165, 1.54) is 0 Å². The van der Waals surface area contributed by atoms with Crippen LogP contribution in [0.5, 0.6) is 0 Å². The van der Waals surface area contributed by atoms with Gasteiger partial charge in [0.05, 0.1) is 6.54 Å². The third-order valence-corrected chi connectivity index (χ3v) is 7.01. The third-order valence-electron chi connectivity index (χ3n) is 7.01. The monoisotopic (exact) mass is 467 g/mol. The lowest BCUT2D eigenvalue weighted by atomic mass is 9.79. The van der Waals surface area contributed by atoms with Gasteiger partial charge in [-0.05, 0) is 35.6 Å². The minimum absolute atomic E-state index is 0.0476. The number of hydrogen-bond donors (Lipinski definition) is 4. The summed E-state index contributed by atoms with van der Waals surface area (Å²) in [5.74, 6) is -1.22. The number of aryl methyl sites for hydroxylation is 1. The quantitative estimate of drug-likeness (QED) is 0.315. The molecule has 178 valence electrons. The van der Waals surface area contributed by atoms with E-state index in [0.29, 0.717) is 19.4 Å². The molecule has 0 radical (unpaired) electrons. The number of nitrogens with one attached hydrogen (secondary N) is 3. The van der Waals surface area contributed by atoms with Gasteiger partial charge in [-0.25, -0.2) is 4.79 Å². The van der Waals surface area contributed by atoms with E-state index in [4.69, 9.17) is 0 Å². The Hall–Kier alpha value is -3.90. The Labute approximate surface area is 204 Å². The van der Waals surface area contributed by atoms with Crippen molar-refractivity contribution < 1.29 is 14.7 Å². The van der Waals surface area contributed by atoms with Crippen LogP contribution in [0.4, 0.5) is 0 Å². The fourth-order valence-electron chi connectivity index (χ4n) is 5.18. The number of fused-ring (bicyclic) bond motifs is 3. The minimum atomic E-state index is -1.31. The Morgan fingerprint density at radius 1 is 0.914 bits per heavy atom. The lowest BCUT2D eigenvalue weighted by Gasteiger charge is -2.34. The predicted molar refractivity (Wildman–Crippen MR) is 136 cm³/mol. The molecule has 1 atom stereocenters. The first-order chi connectivity index (χ1) is 17.1. The van der Waals surface area contributed by atoms with Crippen LogP contribution in [0.2, 0.25) is 0 Å². The molecular weight excluding hydrogens is 438 g/mol. The summed E-state index contributed by atoms with van der Waals surface area (Å²) in [6.07, 6.45) is 1.20. The van der Waals surface area contributed by atoms with Gasteiger partial charge < -0.3 is 20.7 Å². The molecular formula is C29H29N3O3. The first-order valence-corrected chi connectivity index (χ1v) is 12.0. The molecule has 6 heteroatoms. The maximum absolute atomic E-state index is 12.9. The number of aromatic nitrogens is 1. The number of benzene rings is 3. The van der Waals surface area contributed by atoms with Crippen molar-refractivity contribution in [1.82, 2.24) is 15.6 Å². The molecule has 4 N–H and O–H groups in total. The molecule has 1 aliphatic rings. The van der Waals surface area contributed by atoms with Gasteiger partial charge >= 0.3 is 5.97 Å². The maximum Gasteiger partial charge on any atom is 0.329 e. The highest BCUT2D eigenvalue weighted by Gasteiger charge is 2.43. The van der Waals surface area contributed by atoms with Crippen molar-refractivity contribution in [2.75, 3.05) is 13.1 Å². The van der Waals surface area contributed by atoms with Crippen LogP contribution in [0.15, 0.2) is 84.9 Å². The number of carboxylic acid groups (broad SMARTS) is 1. The summed E-state index contributed by atoms with van der Waals surface area (Å²) in [6, 6.07) is 28.3. The molecule has 5 rings (SSSR count). The molecule has 0 aliphatic heterocycles. The number of para-hydroxylation sites is 1. The van der Waals surface area contributed by atoms with E-state index in [0.717, 1.165) is 33.3 Å². The van der Waals surface area contributed by atoms with Crippen LogP contribution in [-0.4, -0.2) is 40.6 Å². The molecule has 1 amide bonds. The van der Waals surface area contributed by atoms with Crippen LogP contribution < -0.4 is 10.6 Å². The second-order valence-corrected chi connectivity index (χ2v) is 9.24. The zero-order valence-corrected chi connectivity index (χ0v) is 19.5. The molecule has 0 spiro atoms. The van der Waals surface area contributed by atoms with Crippen molar-refractivity contribution in [1.29, 1.82) is 0 Å². The third kappa shape index (κ3) is 4.70. The van der Waals surface area contributed by atoms with Gasteiger partial charge in [0.25, 0.3) is 0 Å². The number of carbonyl (C=O) groups excluding carboxylic acids is 1. The second kappa shape index (κ2) is 9.76. The number of aromatic amines is 1. The number of hydrogen-bond acceptors (Lipinski definition) is 3. The molecule has 0 unspecified atom stereocenters. The summed E-state index contributed by atoms with van der Waals surface area (Å²) in [7, 11) is 0. The van der Waals surface area contributed by atoms with Gasteiger partial charge in [-0.2, -0.15) is 0 Å². The SMILES string of the molecule is O=C(CNCC(c1ccccc1)c1ccccc1)N[C@@]1(C(=O)O)CCc2[nH]c3ccccc3c2C1. The first kappa shape index (κ1) is 22.9. The number of carboxylic acids is 1. The smallest absolute Gasteiger partial charge is 0.329 e. The van der Waals surface area contributed by atoms with E-state index in [1.807, 2.05) is 60.7 Å². The highest BCUT2D eigenvalue weighted by molar-refractivity contribution is 5.91. The zero-order valence-electron chi connectivity index (χ0n) is 19.5. The molecule has 0 fully saturated rings. The first-order valence-electron chi connectivity index (χ1n) is 12.0. The highest BCUT2D eigenvalue weighted by atomic mass is 16.4. The lowest BCUT2D eigenvalue weighted by molar-refractivity contribution is -0.148. The van der Waals surface area contributed by atoms with Crippen molar-refractivity contribution in [2.24, 2.45) is 0 Å². The fraction of sp³-hybridized carbons (Fsp3) is 0.241. The van der Waals surface area contributed by atoms with Crippen LogP contribution in [-0.2, 0) is 22.4 Å². The summed E-state index contributed by atoms with van der Waals surface area (Å²) in [6.45, 7) is 0.611. The highest BCUT2D eigenvalue weighted by Crippen LogP contribution is 2.34. The number of rotatable bonds is 8. The summed E-state index contributed by atoms with van der Waals surface area (Å²) in [4.78, 5) is 28.7. The Morgan fingerprint density at radius 3 is 2.20 bits per heavy atom. The van der Waals surface area contributed by atoms with E-state index in [9.17, 15) is 14.7 Å². The molecule has 4 aromatic rings. The van der Waals surface area contributed by atoms with E-state index in [2.05, 4.69) is 39.9 Å². The molecule has 0 bridgehead atoms. The van der Waals surface area contributed by atoms with Crippen molar-refractivity contribution in [3.05, 3.63) is 107 Å². The van der Waals surface area contributed by atoms with Gasteiger partial charge in [0.1, 0.15) is 5.54 Å². The number of H-pyrrole nitrogens is 1. The van der Waals surface area contributed by atoms with E-state index in [1.54, 1.807) is 0 Å². The maximum atomic E-state index is 12.9. The summed E-state index contributed by atoms with van der Waals surface area (Å²) < 4.78 is 0. The molecule has 1 aromatic heterocycles. The van der Waals surface area contributed by atoms with E-state index < -0.39 is 11.5 Å². The van der Waals surface area contributed by atoms with Gasteiger partial charge in [0, 0.05) is 35.5 Å². The summed E-state index contributed by atoms with van der Waals surface area (Å²) >= 11 is 0. The Morgan fingerprint density at radius 2 is 1.54 bits per heavy atom. The molecule has 1 heterocycles. The van der Waals surface area contributed by atoms with Gasteiger partial charge in [-0.15, -0.1) is 0 Å². The summed E-state index contributed by atoms with van der Waals surface area (Å²) in [5.41, 5.74) is 4.05. The second-order valence-electron chi connectivity index (χ2n) is 9.24. The molecule has 6 nitrogen and oxygen atoms in total. The van der Waals surface area contributed by atoms with E-state index >= 15 is 0 Å². The van der Waals surface area contributed by atoms with Crippen molar-refractivity contribution >= 4 is 22.8 Å². The average Bonchev–Trinajstić information content (AvgIpc) is 3.25. The van der Waals surface area contributed by atoms with Crippen LogP contribution in [0.25, 0.3) is 10.9 Å². The Bertz CT molecular complexity index is 1290. The molecule has 35 heavy (non-hydrogen) atoms. The Kier molecular flexibility index (Phi) is 6.38. The van der Waals surface area contributed by atoms with E-state index in [-0.39, 0.29) is 24.8 Å². The van der Waals surface area contributed by atoms with Crippen LogP contribution in [0, 0.1) is 0 Å². The van der Waals surface area contributed by atoms with Crippen LogP contribution >= 0.6 is 0 Å². The van der Waals surface area contributed by atoms with Crippen molar-refractivity contribution in [3.8, 4) is 0 Å².